The van der Waals surface area contributed by atoms with Gasteiger partial charge in [-0.2, -0.15) is 0 Å². The molecule has 1 aromatic carbocycles. The van der Waals surface area contributed by atoms with Gasteiger partial charge in [0.2, 0.25) is 0 Å². The van der Waals surface area contributed by atoms with Crippen LogP contribution >= 0.6 is 0 Å². The summed E-state index contributed by atoms with van der Waals surface area (Å²) in [6.07, 6.45) is 8.52. The van der Waals surface area contributed by atoms with E-state index in [1.165, 1.54) is 31.2 Å². The van der Waals surface area contributed by atoms with Gasteiger partial charge in [-0.3, -0.25) is 9.78 Å². The van der Waals surface area contributed by atoms with Crippen molar-refractivity contribution in [1.29, 1.82) is 0 Å². The third-order valence-corrected chi connectivity index (χ3v) is 5.61. The Morgan fingerprint density at radius 3 is 2.39 bits per heavy atom. The number of hydrogen-bond acceptors (Lipinski definition) is 2. The van der Waals surface area contributed by atoms with Crippen LogP contribution in [0.25, 0.3) is 0 Å². The molecule has 2 saturated carbocycles. The van der Waals surface area contributed by atoms with Gasteiger partial charge >= 0.3 is 0 Å². The van der Waals surface area contributed by atoms with Gasteiger partial charge in [0.15, 0.2) is 0 Å². The van der Waals surface area contributed by atoms with E-state index in [0.717, 1.165) is 5.92 Å². The first-order valence-electron chi connectivity index (χ1n) is 8.60. The summed E-state index contributed by atoms with van der Waals surface area (Å²) in [5, 5.41) is 3.31. The average molecular weight is 306 g/mol. The minimum absolute atomic E-state index is 0.0300. The predicted octanol–water partition coefficient (Wildman–Crippen LogP) is 3.78. The zero-order chi connectivity index (χ0) is 15.6. The summed E-state index contributed by atoms with van der Waals surface area (Å²) in [5.74, 6) is 1.86. The van der Waals surface area contributed by atoms with Gasteiger partial charge in [-0.1, -0.05) is 43.2 Å². The van der Waals surface area contributed by atoms with E-state index in [1.807, 2.05) is 0 Å². The Hall–Kier alpha value is -2.16. The number of pyridine rings is 1. The molecule has 118 valence electrons. The minimum atomic E-state index is 0.0300. The summed E-state index contributed by atoms with van der Waals surface area (Å²) in [5.41, 5.74) is 2.07. The lowest BCUT2D eigenvalue weighted by atomic mass is 9.53. The summed E-state index contributed by atoms with van der Waals surface area (Å²) in [4.78, 5) is 16.5. The van der Waals surface area contributed by atoms with Crippen LogP contribution in [0.4, 0.5) is 0 Å². The van der Waals surface area contributed by atoms with Crippen molar-refractivity contribution in [1.82, 2.24) is 10.3 Å². The number of aromatic nitrogens is 1. The van der Waals surface area contributed by atoms with E-state index >= 15 is 0 Å². The van der Waals surface area contributed by atoms with Crippen LogP contribution < -0.4 is 5.32 Å². The van der Waals surface area contributed by atoms with E-state index in [4.69, 9.17) is 0 Å². The van der Waals surface area contributed by atoms with Crippen LogP contribution in [0.5, 0.6) is 0 Å². The number of amides is 1. The first kappa shape index (κ1) is 14.4. The normalized spacial score (nSPS) is 29.2. The fourth-order valence-electron chi connectivity index (χ4n) is 4.53. The van der Waals surface area contributed by atoms with Crippen molar-refractivity contribution in [2.45, 2.75) is 37.6 Å². The maximum Gasteiger partial charge on any atom is 0.251 e. The summed E-state index contributed by atoms with van der Waals surface area (Å²) in [7, 11) is 0. The van der Waals surface area contributed by atoms with Crippen molar-refractivity contribution in [3.05, 3.63) is 66.0 Å². The fourth-order valence-corrected chi connectivity index (χ4v) is 4.53. The minimum Gasteiger partial charge on any atom is -0.348 e. The lowest BCUT2D eigenvalue weighted by molar-refractivity contribution is 0.0252. The largest absolute Gasteiger partial charge is 0.348 e. The summed E-state index contributed by atoms with van der Waals surface area (Å²) in [6.45, 7) is 0. The van der Waals surface area contributed by atoms with Crippen molar-refractivity contribution in [2.24, 2.45) is 11.8 Å². The topological polar surface area (TPSA) is 42.0 Å². The lowest BCUT2D eigenvalue weighted by Gasteiger charge is -2.55. The van der Waals surface area contributed by atoms with Crippen molar-refractivity contribution in [2.75, 3.05) is 0 Å². The maximum atomic E-state index is 12.6. The zero-order valence-corrected chi connectivity index (χ0v) is 13.2. The Kier molecular flexibility index (Phi) is 3.86. The van der Waals surface area contributed by atoms with Crippen molar-refractivity contribution < 1.29 is 4.79 Å². The molecule has 0 unspecified atom stereocenters. The molecule has 23 heavy (non-hydrogen) atoms. The van der Waals surface area contributed by atoms with Gasteiger partial charge in [0, 0.05) is 29.9 Å². The molecular formula is C20H22N2O. The lowest BCUT2D eigenvalue weighted by Crippen LogP contribution is -2.59. The molecule has 0 spiro atoms. The second-order valence-electron chi connectivity index (χ2n) is 6.78. The molecule has 2 aliphatic rings. The molecule has 1 N–H and O–H groups in total. The number of fused-ring (bicyclic) bond motifs is 1. The van der Waals surface area contributed by atoms with Crippen molar-refractivity contribution in [3.8, 4) is 0 Å². The first-order chi connectivity index (χ1) is 11.3. The molecule has 1 amide bonds. The van der Waals surface area contributed by atoms with E-state index in [9.17, 15) is 4.79 Å². The van der Waals surface area contributed by atoms with E-state index in [2.05, 4.69) is 40.6 Å². The van der Waals surface area contributed by atoms with Crippen molar-refractivity contribution >= 4 is 5.91 Å². The van der Waals surface area contributed by atoms with Gasteiger partial charge in [-0.05, 0) is 42.4 Å². The van der Waals surface area contributed by atoms with Crippen LogP contribution in [0.2, 0.25) is 0 Å². The van der Waals surface area contributed by atoms with E-state index in [-0.39, 0.29) is 11.9 Å². The maximum absolute atomic E-state index is 12.6. The van der Waals surface area contributed by atoms with Crippen LogP contribution in [0.1, 0.15) is 47.5 Å². The summed E-state index contributed by atoms with van der Waals surface area (Å²) >= 11 is 0. The quantitative estimate of drug-likeness (QED) is 0.937. The molecule has 3 heteroatoms. The Morgan fingerprint density at radius 2 is 1.65 bits per heavy atom. The van der Waals surface area contributed by atoms with E-state index in [1.54, 1.807) is 24.5 Å². The molecule has 0 aliphatic heterocycles. The molecule has 0 radical (unpaired) electrons. The van der Waals surface area contributed by atoms with Gasteiger partial charge in [0.25, 0.3) is 5.91 Å². The number of benzene rings is 1. The Morgan fingerprint density at radius 1 is 0.957 bits per heavy atom. The molecule has 4 atom stereocenters. The zero-order valence-electron chi connectivity index (χ0n) is 13.2. The second kappa shape index (κ2) is 6.15. The molecule has 1 aromatic heterocycles. The first-order valence-corrected chi connectivity index (χ1v) is 8.60. The molecule has 2 fully saturated rings. The number of carbonyl (C=O) groups excluding carboxylic acids is 1. The summed E-state index contributed by atoms with van der Waals surface area (Å²) in [6, 6.07) is 14.5. The third-order valence-electron chi connectivity index (χ3n) is 5.61. The molecule has 3 nitrogen and oxygen atoms in total. The standard InChI is InChI=1S/C20H22N2O/c23-20(15-10-12-21-13-11-15)22-19-17-9-5-4-8-16(17)18(19)14-6-2-1-3-7-14/h1-3,6-7,10-13,16-19H,4-5,8-9H2,(H,22,23)/t16-,17-,18-,19-/m0/s1. The van der Waals surface area contributed by atoms with Gasteiger partial charge in [0.1, 0.15) is 0 Å². The number of nitrogens with one attached hydrogen (secondary N) is 1. The molecule has 1 heterocycles. The molecule has 4 rings (SSSR count). The molecule has 2 aromatic rings. The van der Waals surface area contributed by atoms with Gasteiger partial charge in [0.05, 0.1) is 0 Å². The van der Waals surface area contributed by atoms with E-state index in [0.29, 0.717) is 17.4 Å². The molecule has 2 aliphatic carbocycles. The monoisotopic (exact) mass is 306 g/mol. The van der Waals surface area contributed by atoms with Crippen LogP contribution in [-0.4, -0.2) is 16.9 Å². The van der Waals surface area contributed by atoms with Gasteiger partial charge in [-0.25, -0.2) is 0 Å². The van der Waals surface area contributed by atoms with E-state index < -0.39 is 0 Å². The number of hydrogen-bond donors (Lipinski definition) is 1. The van der Waals surface area contributed by atoms with Gasteiger partial charge < -0.3 is 5.32 Å². The average Bonchev–Trinajstić information content (AvgIpc) is 2.61. The van der Waals surface area contributed by atoms with Crippen LogP contribution in [0.15, 0.2) is 54.9 Å². The summed E-state index contributed by atoms with van der Waals surface area (Å²) < 4.78 is 0. The molecular weight excluding hydrogens is 284 g/mol. The number of nitrogens with zero attached hydrogens (tertiary/aromatic N) is 1. The highest BCUT2D eigenvalue weighted by atomic mass is 16.1. The second-order valence-corrected chi connectivity index (χ2v) is 6.78. The third kappa shape index (κ3) is 2.65. The highest BCUT2D eigenvalue weighted by Crippen LogP contribution is 2.54. The molecule has 0 saturated heterocycles. The Labute approximate surface area is 137 Å². The predicted molar refractivity (Wildman–Crippen MR) is 90.1 cm³/mol. The van der Waals surface area contributed by atoms with Crippen LogP contribution in [0, 0.1) is 11.8 Å². The Balaban J connectivity index is 1.56. The van der Waals surface area contributed by atoms with Crippen LogP contribution in [-0.2, 0) is 0 Å². The SMILES string of the molecule is O=C(N[C@H]1[C@H]2CCCC[C@@H]2[C@@H]1c1ccccc1)c1ccncc1. The number of rotatable bonds is 3. The Bertz CT molecular complexity index is 671. The number of carbonyl (C=O) groups is 1. The smallest absolute Gasteiger partial charge is 0.251 e. The van der Waals surface area contributed by atoms with Gasteiger partial charge in [-0.15, -0.1) is 0 Å². The van der Waals surface area contributed by atoms with Crippen molar-refractivity contribution in [3.63, 3.8) is 0 Å². The highest BCUT2D eigenvalue weighted by Gasteiger charge is 2.51. The fraction of sp³-hybridized carbons (Fsp3) is 0.400. The van der Waals surface area contributed by atoms with Crippen LogP contribution in [0.3, 0.4) is 0 Å². The highest BCUT2D eigenvalue weighted by molar-refractivity contribution is 5.94. The molecule has 0 bridgehead atoms.